The lowest BCUT2D eigenvalue weighted by molar-refractivity contribution is 0.423. The molecule has 2 aromatic heterocycles. The molecule has 0 bridgehead atoms. The standard InChI is InChI=1S/C17H24N2O2S3/c1-12(2)14-11-22-17(18-14)15-10-16(13(3)23-15)24(20,21)19-8-6-4-5-7-9-19/h10-12H,4-9H2,1-3H3. The van der Waals surface area contributed by atoms with Crippen LogP contribution < -0.4 is 0 Å². The van der Waals surface area contributed by atoms with E-state index in [-0.39, 0.29) is 0 Å². The molecule has 0 spiro atoms. The number of rotatable bonds is 4. The number of aromatic nitrogens is 1. The molecule has 0 atom stereocenters. The van der Waals surface area contributed by atoms with E-state index in [2.05, 4.69) is 24.2 Å². The van der Waals surface area contributed by atoms with E-state index in [9.17, 15) is 8.42 Å². The minimum absolute atomic E-state index is 0.386. The van der Waals surface area contributed by atoms with Crippen LogP contribution in [0.1, 0.15) is 56.0 Å². The Bertz CT molecular complexity index is 798. The third-order valence-corrected chi connectivity index (χ3v) is 8.61. The average Bonchev–Trinajstić information content (AvgIpc) is 3.06. The van der Waals surface area contributed by atoms with Crippen LogP contribution in [0.3, 0.4) is 0 Å². The normalized spacial score (nSPS) is 17.3. The maximum Gasteiger partial charge on any atom is 0.244 e. The first-order chi connectivity index (χ1) is 11.4. The summed E-state index contributed by atoms with van der Waals surface area (Å²) in [7, 11) is -3.39. The SMILES string of the molecule is Cc1sc(-c2nc(C(C)C)cs2)cc1S(=O)(=O)N1CCCCCC1. The van der Waals surface area contributed by atoms with Crippen LogP contribution in [-0.2, 0) is 10.0 Å². The smallest absolute Gasteiger partial charge is 0.240 e. The van der Waals surface area contributed by atoms with E-state index in [1.807, 2.05) is 13.0 Å². The minimum atomic E-state index is -3.39. The number of hydrogen-bond donors (Lipinski definition) is 0. The highest BCUT2D eigenvalue weighted by Gasteiger charge is 2.28. The zero-order chi connectivity index (χ0) is 17.3. The minimum Gasteiger partial charge on any atom is -0.240 e. The van der Waals surface area contributed by atoms with Gasteiger partial charge >= 0.3 is 0 Å². The zero-order valence-corrected chi connectivity index (χ0v) is 16.9. The van der Waals surface area contributed by atoms with Gasteiger partial charge in [0.2, 0.25) is 10.0 Å². The fraction of sp³-hybridized carbons (Fsp3) is 0.588. The first-order valence-electron chi connectivity index (χ1n) is 8.46. The van der Waals surface area contributed by atoms with Crippen LogP contribution in [0.4, 0.5) is 0 Å². The quantitative estimate of drug-likeness (QED) is 0.756. The molecule has 1 aliphatic rings. The molecule has 0 unspecified atom stereocenters. The predicted molar refractivity (Wildman–Crippen MR) is 101 cm³/mol. The maximum absolute atomic E-state index is 13.0. The van der Waals surface area contributed by atoms with Crippen LogP contribution in [0, 0.1) is 6.92 Å². The van der Waals surface area contributed by atoms with Crippen molar-refractivity contribution in [1.29, 1.82) is 0 Å². The molecule has 1 fully saturated rings. The second-order valence-corrected chi connectivity index (χ2v) is 10.6. The highest BCUT2D eigenvalue weighted by Crippen LogP contribution is 2.37. The van der Waals surface area contributed by atoms with Gasteiger partial charge in [-0.05, 0) is 31.7 Å². The Balaban J connectivity index is 1.92. The summed E-state index contributed by atoms with van der Waals surface area (Å²) < 4.78 is 27.7. The molecular weight excluding hydrogens is 360 g/mol. The Morgan fingerprint density at radius 3 is 2.42 bits per heavy atom. The molecule has 0 aromatic carbocycles. The summed E-state index contributed by atoms with van der Waals surface area (Å²) in [5.74, 6) is 0.386. The molecule has 3 rings (SSSR count). The van der Waals surface area contributed by atoms with E-state index < -0.39 is 10.0 Å². The summed E-state index contributed by atoms with van der Waals surface area (Å²) in [6.07, 6.45) is 4.16. The summed E-state index contributed by atoms with van der Waals surface area (Å²) in [4.78, 5) is 6.94. The number of sulfonamides is 1. The molecule has 0 amide bonds. The predicted octanol–water partition coefficient (Wildman–Crippen LogP) is 4.87. The van der Waals surface area contributed by atoms with Gasteiger partial charge in [-0.15, -0.1) is 22.7 Å². The second kappa shape index (κ2) is 7.23. The lowest BCUT2D eigenvalue weighted by Crippen LogP contribution is -2.32. The molecular formula is C17H24N2O2S3. The van der Waals surface area contributed by atoms with E-state index in [0.717, 1.165) is 46.1 Å². The van der Waals surface area contributed by atoms with Crippen LogP contribution in [0.25, 0.3) is 9.88 Å². The summed E-state index contributed by atoms with van der Waals surface area (Å²) >= 11 is 3.12. The first kappa shape index (κ1) is 18.0. The van der Waals surface area contributed by atoms with Crippen molar-refractivity contribution in [2.24, 2.45) is 0 Å². The van der Waals surface area contributed by atoms with Gasteiger partial charge in [-0.3, -0.25) is 0 Å². The van der Waals surface area contributed by atoms with E-state index in [1.54, 1.807) is 15.6 Å². The van der Waals surface area contributed by atoms with Crippen molar-refractivity contribution in [2.45, 2.75) is 57.3 Å². The maximum atomic E-state index is 13.0. The molecule has 7 heteroatoms. The van der Waals surface area contributed by atoms with Crippen LogP contribution in [0.2, 0.25) is 0 Å². The first-order valence-corrected chi connectivity index (χ1v) is 11.6. The number of thiazole rings is 1. The second-order valence-electron chi connectivity index (χ2n) is 6.58. The lowest BCUT2D eigenvalue weighted by atomic mass is 10.2. The summed E-state index contributed by atoms with van der Waals surface area (Å²) in [6, 6.07) is 1.82. The molecule has 132 valence electrons. The van der Waals surface area contributed by atoms with Gasteiger partial charge in [0, 0.05) is 23.3 Å². The van der Waals surface area contributed by atoms with Crippen molar-refractivity contribution >= 4 is 32.7 Å². The summed E-state index contributed by atoms with van der Waals surface area (Å²) in [5.41, 5.74) is 1.07. The third kappa shape index (κ3) is 3.59. The lowest BCUT2D eigenvalue weighted by Gasteiger charge is -2.19. The third-order valence-electron chi connectivity index (χ3n) is 4.38. The Hall–Kier alpha value is -0.760. The molecule has 24 heavy (non-hydrogen) atoms. The fourth-order valence-electron chi connectivity index (χ4n) is 2.91. The molecule has 0 aliphatic carbocycles. The van der Waals surface area contributed by atoms with Crippen LogP contribution in [0.5, 0.6) is 0 Å². The van der Waals surface area contributed by atoms with Gasteiger partial charge in [0.05, 0.1) is 15.5 Å². The molecule has 4 nitrogen and oxygen atoms in total. The van der Waals surface area contributed by atoms with Crippen molar-refractivity contribution in [3.05, 3.63) is 22.0 Å². The van der Waals surface area contributed by atoms with Crippen LogP contribution in [-0.4, -0.2) is 30.8 Å². The monoisotopic (exact) mass is 384 g/mol. The Morgan fingerprint density at radius 2 is 1.83 bits per heavy atom. The molecule has 0 radical (unpaired) electrons. The zero-order valence-electron chi connectivity index (χ0n) is 14.4. The molecule has 1 saturated heterocycles. The van der Waals surface area contributed by atoms with Crippen molar-refractivity contribution in [3.8, 4) is 9.88 Å². The van der Waals surface area contributed by atoms with Crippen LogP contribution >= 0.6 is 22.7 Å². The van der Waals surface area contributed by atoms with Gasteiger partial charge in [-0.2, -0.15) is 4.31 Å². The largest absolute Gasteiger partial charge is 0.244 e. The van der Waals surface area contributed by atoms with Gasteiger partial charge in [-0.25, -0.2) is 13.4 Å². The highest BCUT2D eigenvalue weighted by molar-refractivity contribution is 7.89. The van der Waals surface area contributed by atoms with E-state index in [4.69, 9.17) is 0 Å². The summed E-state index contributed by atoms with van der Waals surface area (Å²) in [5, 5.41) is 2.99. The van der Waals surface area contributed by atoms with Crippen molar-refractivity contribution in [2.75, 3.05) is 13.1 Å². The number of nitrogens with zero attached hydrogens (tertiary/aromatic N) is 2. The van der Waals surface area contributed by atoms with Crippen molar-refractivity contribution < 1.29 is 8.42 Å². The average molecular weight is 385 g/mol. The Kier molecular flexibility index (Phi) is 5.44. The van der Waals surface area contributed by atoms with Crippen molar-refractivity contribution in [3.63, 3.8) is 0 Å². The van der Waals surface area contributed by atoms with Gasteiger partial charge in [0.25, 0.3) is 0 Å². The Labute approximate surface area is 152 Å². The molecule has 2 aromatic rings. The molecule has 0 N–H and O–H groups in total. The van der Waals surface area contributed by atoms with E-state index >= 15 is 0 Å². The molecule has 1 aliphatic heterocycles. The number of aryl methyl sites for hydroxylation is 1. The molecule has 0 saturated carbocycles. The summed E-state index contributed by atoms with van der Waals surface area (Å²) in [6.45, 7) is 7.42. The fourth-order valence-corrected chi connectivity index (χ4v) is 7.03. The van der Waals surface area contributed by atoms with Crippen LogP contribution in [0.15, 0.2) is 16.3 Å². The molecule has 3 heterocycles. The highest BCUT2D eigenvalue weighted by atomic mass is 32.2. The number of hydrogen-bond acceptors (Lipinski definition) is 5. The Morgan fingerprint density at radius 1 is 1.17 bits per heavy atom. The van der Waals surface area contributed by atoms with Gasteiger partial charge in [0.1, 0.15) is 5.01 Å². The van der Waals surface area contributed by atoms with Gasteiger partial charge < -0.3 is 0 Å². The van der Waals surface area contributed by atoms with E-state index in [1.165, 1.54) is 11.3 Å². The van der Waals surface area contributed by atoms with Gasteiger partial charge in [-0.1, -0.05) is 26.7 Å². The topological polar surface area (TPSA) is 50.3 Å². The van der Waals surface area contributed by atoms with E-state index in [0.29, 0.717) is 23.9 Å². The number of thiophene rings is 1. The van der Waals surface area contributed by atoms with Crippen molar-refractivity contribution in [1.82, 2.24) is 9.29 Å². The van der Waals surface area contributed by atoms with Gasteiger partial charge in [0.15, 0.2) is 0 Å².